The lowest BCUT2D eigenvalue weighted by atomic mass is 10.2. The third kappa shape index (κ3) is 4.96. The molecule has 0 bridgehead atoms. The van der Waals surface area contributed by atoms with Gasteiger partial charge in [-0.3, -0.25) is 9.78 Å². The van der Waals surface area contributed by atoms with Crippen LogP contribution in [-0.2, 0) is 19.9 Å². The fourth-order valence-electron chi connectivity index (χ4n) is 2.20. The van der Waals surface area contributed by atoms with Crippen molar-refractivity contribution in [3.63, 3.8) is 0 Å². The number of carbonyl (C=O) groups is 2. The van der Waals surface area contributed by atoms with Gasteiger partial charge in [-0.25, -0.2) is 9.00 Å². The van der Waals surface area contributed by atoms with Gasteiger partial charge in [-0.1, -0.05) is 3.77 Å². The number of aromatic nitrogens is 1. The predicted molar refractivity (Wildman–Crippen MR) is 90.0 cm³/mol. The molecule has 0 saturated carbocycles. The van der Waals surface area contributed by atoms with Gasteiger partial charge in [0.2, 0.25) is 0 Å². The molecule has 0 radical (unpaired) electrons. The Kier molecular flexibility index (Phi) is 5.44. The van der Waals surface area contributed by atoms with Crippen LogP contribution in [0.5, 0.6) is 0 Å². The fourth-order valence-corrected chi connectivity index (χ4v) is 5.02. The van der Waals surface area contributed by atoms with Crippen LogP contribution in [0.25, 0.3) is 0 Å². The number of hydrogen-bond donors (Lipinski definition) is 1. The van der Waals surface area contributed by atoms with Crippen LogP contribution in [0.3, 0.4) is 0 Å². The third-order valence-corrected chi connectivity index (χ3v) is 6.56. The number of piperazine rings is 1. The summed E-state index contributed by atoms with van der Waals surface area (Å²) in [6, 6.07) is 2.59. The number of amides is 1. The Morgan fingerprint density at radius 1 is 1.12 bits per heavy atom. The second-order valence-corrected chi connectivity index (χ2v) is 10.0. The Balaban J connectivity index is 2.06. The zero-order valence-corrected chi connectivity index (χ0v) is 15.3. The number of pyridine rings is 1. The zero-order valence-electron chi connectivity index (χ0n) is 13.7. The van der Waals surface area contributed by atoms with E-state index >= 15 is 0 Å². The SMILES string of the molecule is CS(C)(=O)=NS(=O)(=O)N1CCN(C(=O)c2ccc(C(=O)O)cn2)CC1. The molecule has 1 aliphatic heterocycles. The Morgan fingerprint density at radius 3 is 2.16 bits per heavy atom. The van der Waals surface area contributed by atoms with Crippen LogP contribution in [0, 0.1) is 0 Å². The molecular formula is C13H18N4O6S2. The maximum atomic E-state index is 12.3. The van der Waals surface area contributed by atoms with Gasteiger partial charge in [0.25, 0.3) is 5.91 Å². The van der Waals surface area contributed by atoms with Crippen molar-refractivity contribution in [1.82, 2.24) is 14.2 Å². The van der Waals surface area contributed by atoms with Crippen molar-refractivity contribution in [1.29, 1.82) is 0 Å². The molecule has 2 rings (SSSR count). The Labute approximate surface area is 145 Å². The van der Waals surface area contributed by atoms with E-state index in [1.165, 1.54) is 29.5 Å². The summed E-state index contributed by atoms with van der Waals surface area (Å²) in [6.45, 7) is 0.315. The van der Waals surface area contributed by atoms with E-state index in [0.717, 1.165) is 10.5 Å². The first-order valence-electron chi connectivity index (χ1n) is 7.17. The van der Waals surface area contributed by atoms with Gasteiger partial charge in [0.05, 0.1) is 15.3 Å². The highest BCUT2D eigenvalue weighted by atomic mass is 32.3. The van der Waals surface area contributed by atoms with E-state index in [9.17, 15) is 22.2 Å². The van der Waals surface area contributed by atoms with Gasteiger partial charge >= 0.3 is 16.2 Å². The van der Waals surface area contributed by atoms with Gasteiger partial charge in [-0.15, -0.1) is 0 Å². The van der Waals surface area contributed by atoms with Crippen LogP contribution >= 0.6 is 0 Å². The monoisotopic (exact) mass is 390 g/mol. The number of rotatable bonds is 4. The van der Waals surface area contributed by atoms with E-state index in [1.54, 1.807) is 0 Å². The van der Waals surface area contributed by atoms with Crippen LogP contribution in [0.1, 0.15) is 20.8 Å². The van der Waals surface area contributed by atoms with Crippen LogP contribution in [0.15, 0.2) is 22.1 Å². The third-order valence-electron chi connectivity index (χ3n) is 3.36. The summed E-state index contributed by atoms with van der Waals surface area (Å²) < 4.78 is 40.2. The number of nitrogens with zero attached hydrogens (tertiary/aromatic N) is 4. The van der Waals surface area contributed by atoms with Crippen molar-refractivity contribution >= 4 is 31.8 Å². The largest absolute Gasteiger partial charge is 0.478 e. The topological polar surface area (TPSA) is 137 Å². The second kappa shape index (κ2) is 7.06. The number of carboxylic acids is 1. The smallest absolute Gasteiger partial charge is 0.337 e. The lowest BCUT2D eigenvalue weighted by Gasteiger charge is -2.32. The van der Waals surface area contributed by atoms with Crippen LogP contribution in [0.2, 0.25) is 0 Å². The molecule has 1 amide bonds. The quantitative estimate of drug-likeness (QED) is 0.732. The van der Waals surface area contributed by atoms with E-state index in [4.69, 9.17) is 5.11 Å². The fraction of sp³-hybridized carbons (Fsp3) is 0.462. The molecule has 0 spiro atoms. The van der Waals surface area contributed by atoms with Crippen molar-refractivity contribution in [3.8, 4) is 0 Å². The van der Waals surface area contributed by atoms with Crippen LogP contribution in [-0.4, -0.2) is 82.5 Å². The maximum absolute atomic E-state index is 12.3. The number of aromatic carboxylic acids is 1. The van der Waals surface area contributed by atoms with Crippen molar-refractivity contribution in [2.24, 2.45) is 3.77 Å². The molecule has 1 saturated heterocycles. The molecule has 0 aromatic carbocycles. The summed E-state index contributed by atoms with van der Waals surface area (Å²) in [7, 11) is -6.81. The van der Waals surface area contributed by atoms with Crippen molar-refractivity contribution < 1.29 is 27.3 Å². The van der Waals surface area contributed by atoms with Crippen LogP contribution < -0.4 is 0 Å². The van der Waals surface area contributed by atoms with Crippen molar-refractivity contribution in [3.05, 3.63) is 29.6 Å². The number of carboxylic acid groups (broad SMARTS) is 1. The highest BCUT2D eigenvalue weighted by Gasteiger charge is 2.30. The first-order valence-corrected chi connectivity index (χ1v) is 10.9. The lowest BCUT2D eigenvalue weighted by Crippen LogP contribution is -2.50. The normalized spacial score (nSPS) is 16.5. The summed E-state index contributed by atoms with van der Waals surface area (Å²) in [6.07, 6.45) is 3.56. The van der Waals surface area contributed by atoms with E-state index in [1.807, 2.05) is 0 Å². The molecule has 2 heterocycles. The second-order valence-electron chi connectivity index (χ2n) is 5.66. The molecule has 12 heteroatoms. The van der Waals surface area contributed by atoms with Crippen molar-refractivity contribution in [2.75, 3.05) is 38.7 Å². The molecule has 1 aromatic rings. The van der Waals surface area contributed by atoms with Crippen LogP contribution in [0.4, 0.5) is 0 Å². The molecule has 1 aromatic heterocycles. The summed E-state index contributed by atoms with van der Waals surface area (Å²) in [5, 5.41) is 8.82. The van der Waals surface area contributed by atoms with Gasteiger partial charge in [-0.05, 0) is 12.1 Å². The molecular weight excluding hydrogens is 372 g/mol. The molecule has 138 valence electrons. The predicted octanol–water partition coefficient (Wildman–Crippen LogP) is -0.490. The van der Waals surface area contributed by atoms with Gasteiger partial charge < -0.3 is 10.0 Å². The Bertz CT molecular complexity index is 887. The minimum atomic E-state index is -4.01. The molecule has 1 aliphatic rings. The Hall–Kier alpha value is -2.05. The van der Waals surface area contributed by atoms with Crippen molar-refractivity contribution in [2.45, 2.75) is 0 Å². The first kappa shape index (κ1) is 19.3. The molecule has 1 N–H and O–H groups in total. The van der Waals surface area contributed by atoms with E-state index in [-0.39, 0.29) is 37.4 Å². The molecule has 1 fully saturated rings. The maximum Gasteiger partial charge on any atom is 0.337 e. The first-order chi connectivity index (χ1) is 11.5. The number of carbonyl (C=O) groups excluding carboxylic acids is 1. The minimum Gasteiger partial charge on any atom is -0.478 e. The van der Waals surface area contributed by atoms with E-state index < -0.39 is 31.8 Å². The van der Waals surface area contributed by atoms with Gasteiger partial charge in [0.15, 0.2) is 0 Å². The van der Waals surface area contributed by atoms with Gasteiger partial charge in [0.1, 0.15) is 5.69 Å². The highest BCUT2D eigenvalue weighted by Crippen LogP contribution is 2.13. The van der Waals surface area contributed by atoms with Gasteiger partial charge in [0, 0.05) is 44.9 Å². The molecule has 0 unspecified atom stereocenters. The standard InChI is InChI=1S/C13H18N4O6S2/c1-24(2,21)15-25(22,23)17-7-5-16(6-8-17)12(18)11-4-3-10(9-14-11)13(19)20/h3-4,9H,5-8H2,1-2H3,(H,19,20). The highest BCUT2D eigenvalue weighted by molar-refractivity contribution is 8.01. The summed E-state index contributed by atoms with van der Waals surface area (Å²) in [5.41, 5.74) is 0.0490. The average molecular weight is 390 g/mol. The molecule has 10 nitrogen and oxygen atoms in total. The summed E-state index contributed by atoms with van der Waals surface area (Å²) >= 11 is 0. The van der Waals surface area contributed by atoms with E-state index in [0.29, 0.717) is 0 Å². The minimum absolute atomic E-state index is 0.0281. The molecule has 25 heavy (non-hydrogen) atoms. The summed E-state index contributed by atoms with van der Waals surface area (Å²) in [4.78, 5) is 28.4. The molecule has 0 atom stereocenters. The van der Waals surface area contributed by atoms with Gasteiger partial charge in [-0.2, -0.15) is 12.7 Å². The molecule has 0 aliphatic carbocycles. The number of hydrogen-bond acceptors (Lipinski definition) is 6. The van der Waals surface area contributed by atoms with E-state index in [2.05, 4.69) is 8.75 Å². The zero-order chi connectivity index (χ0) is 18.8. The lowest BCUT2D eigenvalue weighted by molar-refractivity contribution is 0.0679. The Morgan fingerprint density at radius 2 is 1.72 bits per heavy atom. The average Bonchev–Trinajstić information content (AvgIpc) is 2.52. The summed E-state index contributed by atoms with van der Waals surface area (Å²) in [5.74, 6) is -1.56.